The van der Waals surface area contributed by atoms with E-state index in [1.54, 1.807) is 0 Å². The van der Waals surface area contributed by atoms with Gasteiger partial charge in [0.05, 0.1) is 17.9 Å². The number of nitrogens with zero attached hydrogens (tertiary/aromatic N) is 1. The monoisotopic (exact) mass is 267 g/mol. The molecule has 4 rings (SSSR count). The molecule has 3 heteroatoms. The van der Waals surface area contributed by atoms with E-state index in [0.29, 0.717) is 0 Å². The number of benzene rings is 1. The lowest BCUT2D eigenvalue weighted by molar-refractivity contribution is -0.143. The minimum atomic E-state index is -0.166. The summed E-state index contributed by atoms with van der Waals surface area (Å²) in [5.41, 5.74) is 1.02. The molecule has 0 N–H and O–H groups in total. The number of fused-ring (bicyclic) bond motifs is 5. The summed E-state index contributed by atoms with van der Waals surface area (Å²) in [5, 5.41) is 0. The molecular weight excluding hydrogens is 250 g/mol. The van der Waals surface area contributed by atoms with Crippen LogP contribution in [0.15, 0.2) is 42.5 Å². The van der Waals surface area contributed by atoms with Gasteiger partial charge in [-0.1, -0.05) is 42.5 Å². The van der Waals surface area contributed by atoms with Crippen LogP contribution in [0.2, 0.25) is 0 Å². The van der Waals surface area contributed by atoms with Gasteiger partial charge in [0.15, 0.2) is 0 Å². The number of rotatable bonds is 2. The molecule has 2 fully saturated rings. The molecule has 3 nitrogen and oxygen atoms in total. The number of hydrogen-bond acceptors (Lipinski definition) is 2. The Kier molecular flexibility index (Phi) is 2.40. The van der Waals surface area contributed by atoms with Gasteiger partial charge in [0, 0.05) is 0 Å². The topological polar surface area (TPSA) is 37.4 Å². The van der Waals surface area contributed by atoms with E-state index in [-0.39, 0.29) is 41.5 Å². The fraction of sp³-hybridized carbons (Fsp3) is 0.412. The fourth-order valence-corrected chi connectivity index (χ4v) is 4.19. The molecule has 0 aromatic heterocycles. The first-order valence-electron chi connectivity index (χ1n) is 7.28. The summed E-state index contributed by atoms with van der Waals surface area (Å²) >= 11 is 0. The van der Waals surface area contributed by atoms with Crippen molar-refractivity contribution in [2.24, 2.45) is 23.7 Å². The van der Waals surface area contributed by atoms with Crippen LogP contribution < -0.4 is 0 Å². The summed E-state index contributed by atoms with van der Waals surface area (Å²) in [4.78, 5) is 26.9. The van der Waals surface area contributed by atoms with Crippen LogP contribution in [-0.2, 0) is 9.59 Å². The van der Waals surface area contributed by atoms with Crippen molar-refractivity contribution in [1.82, 2.24) is 4.90 Å². The van der Waals surface area contributed by atoms with Gasteiger partial charge < -0.3 is 0 Å². The van der Waals surface area contributed by atoms with Crippen molar-refractivity contribution in [2.75, 3.05) is 0 Å². The highest BCUT2D eigenvalue weighted by molar-refractivity contribution is 6.06. The first-order valence-corrected chi connectivity index (χ1v) is 7.28. The van der Waals surface area contributed by atoms with Crippen LogP contribution in [0.25, 0.3) is 0 Å². The lowest BCUT2D eigenvalue weighted by atomic mass is 9.85. The number of likely N-dealkylation sites (tertiary alicyclic amines) is 1. The van der Waals surface area contributed by atoms with E-state index >= 15 is 0 Å². The van der Waals surface area contributed by atoms with E-state index in [1.807, 2.05) is 37.3 Å². The second-order valence-electron chi connectivity index (χ2n) is 6.13. The largest absolute Gasteiger partial charge is 0.275 e. The summed E-state index contributed by atoms with van der Waals surface area (Å²) in [6, 6.07) is 9.63. The SMILES string of the molecule is C[C@@H](c1ccccc1)N1C(=O)[C@@H]2[C@H](C1=O)[C@@H]1C=C[C@H]2C1. The van der Waals surface area contributed by atoms with Gasteiger partial charge in [-0.05, 0) is 30.7 Å². The lowest BCUT2D eigenvalue weighted by Gasteiger charge is -2.24. The smallest absolute Gasteiger partial charge is 0.234 e. The summed E-state index contributed by atoms with van der Waals surface area (Å²) in [6.45, 7) is 1.95. The van der Waals surface area contributed by atoms with Crippen LogP contribution in [0.5, 0.6) is 0 Å². The summed E-state index contributed by atoms with van der Waals surface area (Å²) in [7, 11) is 0. The maximum Gasteiger partial charge on any atom is 0.234 e. The lowest BCUT2D eigenvalue weighted by Crippen LogP contribution is -2.35. The molecular formula is C17H17NO2. The van der Waals surface area contributed by atoms with Crippen molar-refractivity contribution in [3.63, 3.8) is 0 Å². The first-order chi connectivity index (χ1) is 9.68. The zero-order valence-corrected chi connectivity index (χ0v) is 11.4. The minimum Gasteiger partial charge on any atom is -0.275 e. The highest BCUT2D eigenvalue weighted by Gasteiger charge is 2.60. The van der Waals surface area contributed by atoms with Crippen molar-refractivity contribution in [3.05, 3.63) is 48.0 Å². The second kappa shape index (κ2) is 4.05. The van der Waals surface area contributed by atoms with Crippen molar-refractivity contribution < 1.29 is 9.59 Å². The molecule has 2 bridgehead atoms. The maximum atomic E-state index is 12.7. The molecule has 5 atom stereocenters. The Labute approximate surface area is 118 Å². The molecule has 0 unspecified atom stereocenters. The number of hydrogen-bond donors (Lipinski definition) is 0. The highest BCUT2D eigenvalue weighted by atomic mass is 16.2. The molecule has 2 amide bonds. The highest BCUT2D eigenvalue weighted by Crippen LogP contribution is 2.53. The standard InChI is InChI=1S/C17H17NO2/c1-10(11-5-3-2-4-6-11)18-16(19)14-12-7-8-13(9-12)15(14)17(18)20/h2-8,10,12-15H,9H2,1H3/t10-,12-,13+,14-,15+/m0/s1. The van der Waals surface area contributed by atoms with Gasteiger partial charge in [0.1, 0.15) is 0 Å². The minimum absolute atomic E-state index is 0.0354. The Morgan fingerprint density at radius 2 is 1.55 bits per heavy atom. The predicted octanol–water partition coefficient (Wildman–Crippen LogP) is 2.55. The summed E-state index contributed by atoms with van der Waals surface area (Å²) < 4.78 is 0. The number of imide groups is 1. The third-order valence-electron chi connectivity index (χ3n) is 5.17. The number of allylic oxidation sites excluding steroid dienone is 2. The Morgan fingerprint density at radius 1 is 1.00 bits per heavy atom. The molecule has 0 spiro atoms. The molecule has 3 aliphatic rings. The van der Waals surface area contributed by atoms with E-state index in [2.05, 4.69) is 12.2 Å². The third kappa shape index (κ3) is 1.41. The van der Waals surface area contributed by atoms with Gasteiger partial charge in [-0.15, -0.1) is 0 Å². The van der Waals surface area contributed by atoms with Gasteiger partial charge in [0.2, 0.25) is 11.8 Å². The Balaban J connectivity index is 1.68. The van der Waals surface area contributed by atoms with E-state index < -0.39 is 0 Å². The Hall–Kier alpha value is -1.90. The Morgan fingerprint density at radius 3 is 2.10 bits per heavy atom. The summed E-state index contributed by atoms with van der Waals surface area (Å²) in [5.74, 6) is 0.456. The third-order valence-corrected chi connectivity index (χ3v) is 5.17. The van der Waals surface area contributed by atoms with E-state index in [4.69, 9.17) is 0 Å². The normalized spacial score (nSPS) is 35.8. The van der Waals surface area contributed by atoms with Crippen LogP contribution in [-0.4, -0.2) is 16.7 Å². The van der Waals surface area contributed by atoms with Crippen molar-refractivity contribution >= 4 is 11.8 Å². The van der Waals surface area contributed by atoms with Crippen molar-refractivity contribution in [3.8, 4) is 0 Å². The van der Waals surface area contributed by atoms with Crippen LogP contribution >= 0.6 is 0 Å². The quantitative estimate of drug-likeness (QED) is 0.610. The second-order valence-corrected chi connectivity index (χ2v) is 6.13. The summed E-state index contributed by atoms with van der Waals surface area (Å²) in [6.07, 6.45) is 5.25. The molecule has 102 valence electrons. The number of carbonyl (C=O) groups excluding carboxylic acids is 2. The fourth-order valence-electron chi connectivity index (χ4n) is 4.19. The average Bonchev–Trinajstić information content (AvgIpc) is 3.14. The Bertz CT molecular complexity index is 577. The van der Waals surface area contributed by atoms with Crippen LogP contribution in [0.4, 0.5) is 0 Å². The molecule has 1 heterocycles. The molecule has 20 heavy (non-hydrogen) atoms. The van der Waals surface area contributed by atoms with E-state index in [9.17, 15) is 9.59 Å². The predicted molar refractivity (Wildman–Crippen MR) is 74.4 cm³/mol. The van der Waals surface area contributed by atoms with Crippen molar-refractivity contribution in [2.45, 2.75) is 19.4 Å². The molecule has 1 saturated carbocycles. The number of carbonyl (C=O) groups is 2. The number of amides is 2. The molecule has 0 radical (unpaired) electrons. The first kappa shape index (κ1) is 11.9. The molecule has 1 aliphatic heterocycles. The molecule has 1 saturated heterocycles. The molecule has 2 aliphatic carbocycles. The van der Waals surface area contributed by atoms with E-state index in [0.717, 1.165) is 12.0 Å². The van der Waals surface area contributed by atoms with Gasteiger partial charge in [0.25, 0.3) is 0 Å². The van der Waals surface area contributed by atoms with Gasteiger partial charge in [-0.3, -0.25) is 14.5 Å². The zero-order valence-electron chi connectivity index (χ0n) is 11.4. The average molecular weight is 267 g/mol. The van der Waals surface area contributed by atoms with Gasteiger partial charge >= 0.3 is 0 Å². The van der Waals surface area contributed by atoms with Gasteiger partial charge in [-0.2, -0.15) is 0 Å². The van der Waals surface area contributed by atoms with Gasteiger partial charge in [-0.25, -0.2) is 0 Å². The molecule has 1 aromatic rings. The van der Waals surface area contributed by atoms with Crippen LogP contribution in [0.1, 0.15) is 24.9 Å². The van der Waals surface area contributed by atoms with E-state index in [1.165, 1.54) is 4.90 Å². The van der Waals surface area contributed by atoms with Crippen LogP contribution in [0, 0.1) is 23.7 Å². The molecule has 1 aromatic carbocycles. The van der Waals surface area contributed by atoms with Crippen LogP contribution in [0.3, 0.4) is 0 Å². The van der Waals surface area contributed by atoms with Crippen molar-refractivity contribution in [1.29, 1.82) is 0 Å². The maximum absolute atomic E-state index is 12.7. The zero-order chi connectivity index (χ0) is 13.9.